The van der Waals surface area contributed by atoms with Crippen LogP contribution in [0.1, 0.15) is 5.56 Å². The first kappa shape index (κ1) is 14.3. The molecule has 0 N–H and O–H groups in total. The molecule has 0 aliphatic rings. The van der Waals surface area contributed by atoms with Crippen LogP contribution in [0, 0.1) is 6.92 Å². The summed E-state index contributed by atoms with van der Waals surface area (Å²) in [5, 5.41) is 1.73. The Bertz CT molecular complexity index is 620. The van der Waals surface area contributed by atoms with Gasteiger partial charge in [0, 0.05) is 0 Å². The van der Waals surface area contributed by atoms with Gasteiger partial charge in [0.2, 0.25) is 0 Å². The summed E-state index contributed by atoms with van der Waals surface area (Å²) >= 11 is 0. The van der Waals surface area contributed by atoms with Crippen LogP contribution in [0.2, 0.25) is 0 Å². The topological polar surface area (TPSA) is 57.2 Å². The first-order valence-corrected chi connectivity index (χ1v) is 5.84. The summed E-state index contributed by atoms with van der Waals surface area (Å²) in [4.78, 5) is -0.180. The fourth-order valence-corrected chi connectivity index (χ4v) is 2.09. The predicted octanol–water partition coefficient (Wildman–Crippen LogP) is -0.944. The van der Waals surface area contributed by atoms with Crippen molar-refractivity contribution in [1.29, 1.82) is 0 Å². The van der Waals surface area contributed by atoms with Crippen molar-refractivity contribution in [2.45, 2.75) is 11.8 Å². The van der Waals surface area contributed by atoms with Crippen molar-refractivity contribution in [3.8, 4) is 0 Å². The maximum Gasteiger partial charge on any atom is 1.00 e. The Hall–Kier alpha value is 0.246. The molecule has 2 aromatic rings. The molecule has 5 heteroatoms. The van der Waals surface area contributed by atoms with Crippen LogP contribution in [0.4, 0.5) is 0 Å². The van der Waals surface area contributed by atoms with Crippen molar-refractivity contribution in [1.82, 2.24) is 0 Å². The second-order valence-corrected chi connectivity index (χ2v) is 4.79. The van der Waals surface area contributed by atoms with E-state index in [1.807, 2.05) is 19.1 Å². The van der Waals surface area contributed by atoms with E-state index >= 15 is 0 Å². The predicted molar refractivity (Wildman–Crippen MR) is 56.6 cm³/mol. The van der Waals surface area contributed by atoms with E-state index in [9.17, 15) is 13.0 Å². The molecule has 0 radical (unpaired) electrons. The SMILES string of the molecule is Cc1cccc2cc(S(=O)(=O)[O-])ccc12.[K+]. The Morgan fingerprint density at radius 3 is 2.44 bits per heavy atom. The Kier molecular flexibility index (Phi) is 4.71. The molecule has 0 aliphatic carbocycles. The van der Waals surface area contributed by atoms with Crippen LogP contribution in [0.3, 0.4) is 0 Å². The Morgan fingerprint density at radius 1 is 1.12 bits per heavy atom. The minimum absolute atomic E-state index is 0. The van der Waals surface area contributed by atoms with Crippen molar-refractivity contribution in [2.75, 3.05) is 0 Å². The van der Waals surface area contributed by atoms with Crippen LogP contribution >= 0.6 is 0 Å². The minimum Gasteiger partial charge on any atom is -0.744 e. The summed E-state index contributed by atoms with van der Waals surface area (Å²) in [5.74, 6) is 0. The average Bonchev–Trinajstić information content (AvgIpc) is 2.16. The van der Waals surface area contributed by atoms with Crippen molar-refractivity contribution in [3.63, 3.8) is 0 Å². The van der Waals surface area contributed by atoms with Crippen LogP contribution in [-0.2, 0) is 10.1 Å². The van der Waals surface area contributed by atoms with E-state index in [4.69, 9.17) is 0 Å². The third-order valence-corrected chi connectivity index (χ3v) is 3.19. The molecule has 0 amide bonds. The maximum atomic E-state index is 10.8. The monoisotopic (exact) mass is 260 g/mol. The molecule has 0 saturated heterocycles. The molecule has 0 heterocycles. The van der Waals surface area contributed by atoms with Crippen molar-refractivity contribution < 1.29 is 64.4 Å². The molecular weight excluding hydrogens is 251 g/mol. The molecule has 2 aromatic carbocycles. The third-order valence-electron chi connectivity index (χ3n) is 2.36. The van der Waals surface area contributed by atoms with Gasteiger partial charge in [0.05, 0.1) is 4.90 Å². The zero-order valence-electron chi connectivity index (χ0n) is 9.10. The second kappa shape index (κ2) is 5.26. The van der Waals surface area contributed by atoms with Crippen molar-refractivity contribution in [3.05, 3.63) is 42.0 Å². The van der Waals surface area contributed by atoms with Gasteiger partial charge in [-0.1, -0.05) is 24.3 Å². The summed E-state index contributed by atoms with van der Waals surface area (Å²) in [6.45, 7) is 1.94. The van der Waals surface area contributed by atoms with E-state index in [2.05, 4.69) is 0 Å². The molecule has 0 atom stereocenters. The van der Waals surface area contributed by atoms with Crippen molar-refractivity contribution >= 4 is 20.9 Å². The molecular formula is C11H9KO3S. The normalized spacial score (nSPS) is 11.1. The summed E-state index contributed by atoms with van der Waals surface area (Å²) in [6, 6.07) is 9.97. The van der Waals surface area contributed by atoms with E-state index in [0.29, 0.717) is 0 Å². The van der Waals surface area contributed by atoms with Gasteiger partial charge in [0.15, 0.2) is 0 Å². The van der Waals surface area contributed by atoms with Gasteiger partial charge in [-0.05, 0) is 35.4 Å². The average molecular weight is 260 g/mol. The van der Waals surface area contributed by atoms with E-state index in [-0.39, 0.29) is 56.3 Å². The van der Waals surface area contributed by atoms with Crippen LogP contribution in [0.15, 0.2) is 41.3 Å². The number of hydrogen-bond donors (Lipinski definition) is 0. The van der Waals surface area contributed by atoms with Crippen LogP contribution in [0.25, 0.3) is 10.8 Å². The molecule has 0 aliphatic heterocycles. The number of aryl methyl sites for hydroxylation is 1. The van der Waals surface area contributed by atoms with Crippen molar-refractivity contribution in [2.24, 2.45) is 0 Å². The molecule has 3 nitrogen and oxygen atoms in total. The Balaban J connectivity index is 0.00000128. The first-order valence-electron chi connectivity index (χ1n) is 4.44. The number of benzene rings is 2. The number of hydrogen-bond acceptors (Lipinski definition) is 3. The maximum absolute atomic E-state index is 10.8. The second-order valence-electron chi connectivity index (χ2n) is 3.41. The van der Waals surface area contributed by atoms with Crippen LogP contribution < -0.4 is 51.4 Å². The van der Waals surface area contributed by atoms with E-state index in [0.717, 1.165) is 16.3 Å². The summed E-state index contributed by atoms with van der Waals surface area (Å²) < 4.78 is 32.4. The van der Waals surface area contributed by atoms with Gasteiger partial charge in [0.1, 0.15) is 10.1 Å². The molecule has 0 spiro atoms. The fraction of sp³-hybridized carbons (Fsp3) is 0.0909. The van der Waals surface area contributed by atoms with Crippen LogP contribution in [0.5, 0.6) is 0 Å². The van der Waals surface area contributed by atoms with E-state index < -0.39 is 10.1 Å². The molecule has 16 heavy (non-hydrogen) atoms. The zero-order valence-corrected chi connectivity index (χ0v) is 13.0. The van der Waals surface area contributed by atoms with E-state index in [1.165, 1.54) is 12.1 Å². The van der Waals surface area contributed by atoms with E-state index in [1.54, 1.807) is 12.1 Å². The Morgan fingerprint density at radius 2 is 1.81 bits per heavy atom. The molecule has 0 saturated carbocycles. The van der Waals surface area contributed by atoms with Gasteiger partial charge in [-0.3, -0.25) is 0 Å². The summed E-state index contributed by atoms with van der Waals surface area (Å²) in [7, 11) is -4.36. The van der Waals surface area contributed by atoms with Gasteiger partial charge in [0.25, 0.3) is 0 Å². The summed E-state index contributed by atoms with van der Waals surface area (Å²) in [6.07, 6.45) is 0. The first-order chi connectivity index (χ1) is 6.98. The quantitative estimate of drug-likeness (QED) is 0.491. The van der Waals surface area contributed by atoms with Crippen LogP contribution in [-0.4, -0.2) is 13.0 Å². The smallest absolute Gasteiger partial charge is 0.744 e. The molecule has 0 unspecified atom stereocenters. The Labute approximate surface area is 137 Å². The molecule has 78 valence electrons. The molecule has 2 rings (SSSR count). The molecule has 0 aromatic heterocycles. The summed E-state index contributed by atoms with van der Waals surface area (Å²) in [5.41, 5.74) is 1.06. The van der Waals surface area contributed by atoms with Gasteiger partial charge in [-0.15, -0.1) is 0 Å². The molecule has 0 bridgehead atoms. The van der Waals surface area contributed by atoms with Gasteiger partial charge in [-0.25, -0.2) is 8.42 Å². The fourth-order valence-electron chi connectivity index (χ4n) is 1.58. The van der Waals surface area contributed by atoms with Gasteiger partial charge in [-0.2, -0.15) is 0 Å². The standard InChI is InChI=1S/C11H10O3S.K/c1-8-3-2-4-9-7-10(15(12,13)14)5-6-11(8)9;/h2-7H,1H3,(H,12,13,14);/q;+1/p-1. The number of fused-ring (bicyclic) bond motifs is 1. The van der Waals surface area contributed by atoms with Gasteiger partial charge < -0.3 is 4.55 Å². The largest absolute Gasteiger partial charge is 1.00 e. The zero-order chi connectivity index (χ0) is 11.1. The van der Waals surface area contributed by atoms with Gasteiger partial charge >= 0.3 is 51.4 Å². The third kappa shape index (κ3) is 2.92. The molecule has 0 fully saturated rings. The minimum atomic E-state index is -4.36. The number of rotatable bonds is 1.